The van der Waals surface area contributed by atoms with Crippen molar-refractivity contribution in [2.24, 2.45) is 0 Å². The summed E-state index contributed by atoms with van der Waals surface area (Å²) < 4.78 is 15.6. The maximum absolute atomic E-state index is 13.4. The number of ether oxygens (including phenoxy) is 2. The Morgan fingerprint density at radius 2 is 1.40 bits per heavy atom. The van der Waals surface area contributed by atoms with Crippen LogP contribution in [0.5, 0.6) is 11.5 Å². The number of benzene rings is 2. The number of aromatic nitrogens is 4. The van der Waals surface area contributed by atoms with Gasteiger partial charge in [-0.05, 0) is 36.4 Å². The lowest BCUT2D eigenvalue weighted by Gasteiger charge is -2.03. The van der Waals surface area contributed by atoms with E-state index in [1.165, 1.54) is 22.7 Å². The number of hydrogen-bond donors (Lipinski definition) is 1. The van der Waals surface area contributed by atoms with E-state index in [1.54, 1.807) is 23.0 Å². The molecule has 2 aromatic carbocycles. The first-order valence-corrected chi connectivity index (χ1v) is 10.6. The van der Waals surface area contributed by atoms with Crippen molar-refractivity contribution in [3.63, 3.8) is 0 Å². The molecule has 0 spiro atoms. The van der Waals surface area contributed by atoms with Gasteiger partial charge in [0.25, 0.3) is 5.56 Å². The fourth-order valence-corrected chi connectivity index (χ4v) is 5.76. The molecule has 8 nitrogen and oxygen atoms in total. The SMILES string of the molecule is COc1ccc2c(c1)sc1nc3nc4sc5cc(OC)ccc5n4c(=O)c3c(=N)n12. The molecular weight excluding hydrogens is 422 g/mol. The van der Waals surface area contributed by atoms with Crippen LogP contribution in [0.3, 0.4) is 0 Å². The van der Waals surface area contributed by atoms with E-state index in [1.807, 2.05) is 36.4 Å². The summed E-state index contributed by atoms with van der Waals surface area (Å²) in [6.07, 6.45) is 0. The third kappa shape index (κ3) is 2.20. The highest BCUT2D eigenvalue weighted by Gasteiger charge is 2.18. The Morgan fingerprint density at radius 3 is 1.97 bits per heavy atom. The highest BCUT2D eigenvalue weighted by atomic mass is 32.1. The molecule has 0 aliphatic rings. The van der Waals surface area contributed by atoms with Gasteiger partial charge >= 0.3 is 0 Å². The lowest BCUT2D eigenvalue weighted by Crippen LogP contribution is -2.25. The zero-order valence-corrected chi connectivity index (χ0v) is 17.4. The zero-order valence-electron chi connectivity index (χ0n) is 15.8. The van der Waals surface area contributed by atoms with Gasteiger partial charge in [-0.1, -0.05) is 22.7 Å². The van der Waals surface area contributed by atoms with Crippen LogP contribution in [0.4, 0.5) is 0 Å². The Balaban J connectivity index is 1.79. The molecular formula is C20H13N5O3S2. The van der Waals surface area contributed by atoms with Gasteiger partial charge < -0.3 is 9.47 Å². The summed E-state index contributed by atoms with van der Waals surface area (Å²) in [5.41, 5.74) is 1.60. The normalized spacial score (nSPS) is 11.9. The summed E-state index contributed by atoms with van der Waals surface area (Å²) in [6.45, 7) is 0. The minimum atomic E-state index is -0.300. The maximum Gasteiger partial charge on any atom is 0.272 e. The molecule has 4 aromatic heterocycles. The molecule has 0 saturated carbocycles. The van der Waals surface area contributed by atoms with Crippen LogP contribution >= 0.6 is 22.7 Å². The summed E-state index contributed by atoms with van der Waals surface area (Å²) in [5, 5.41) is 8.99. The van der Waals surface area contributed by atoms with Gasteiger partial charge in [-0.15, -0.1) is 0 Å². The first kappa shape index (κ1) is 17.4. The zero-order chi connectivity index (χ0) is 20.6. The van der Waals surface area contributed by atoms with E-state index in [4.69, 9.17) is 14.9 Å². The van der Waals surface area contributed by atoms with Crippen molar-refractivity contribution in [2.45, 2.75) is 0 Å². The monoisotopic (exact) mass is 435 g/mol. The predicted octanol–water partition coefficient (Wildman–Crippen LogP) is 3.42. The summed E-state index contributed by atoms with van der Waals surface area (Å²) in [6, 6.07) is 11.1. The highest BCUT2D eigenvalue weighted by Crippen LogP contribution is 2.30. The summed E-state index contributed by atoms with van der Waals surface area (Å²) in [5.74, 6) is 1.44. The lowest BCUT2D eigenvalue weighted by molar-refractivity contribution is 0.415. The van der Waals surface area contributed by atoms with Gasteiger partial charge in [-0.3, -0.25) is 19.0 Å². The summed E-state index contributed by atoms with van der Waals surface area (Å²) in [7, 11) is 3.22. The molecule has 0 atom stereocenters. The number of rotatable bonds is 2. The van der Waals surface area contributed by atoms with E-state index in [0.29, 0.717) is 15.7 Å². The van der Waals surface area contributed by atoms with Crippen LogP contribution in [0.2, 0.25) is 0 Å². The average molecular weight is 435 g/mol. The fraction of sp³-hybridized carbons (Fsp3) is 0.100. The molecule has 6 aromatic rings. The molecule has 30 heavy (non-hydrogen) atoms. The van der Waals surface area contributed by atoms with Crippen LogP contribution in [0.15, 0.2) is 41.2 Å². The Hall–Kier alpha value is -3.50. The van der Waals surface area contributed by atoms with Gasteiger partial charge in [0.15, 0.2) is 15.6 Å². The Bertz CT molecular complexity index is 1650. The summed E-state index contributed by atoms with van der Waals surface area (Å²) >= 11 is 2.82. The van der Waals surface area contributed by atoms with Crippen LogP contribution < -0.4 is 20.5 Å². The third-order valence-corrected chi connectivity index (χ3v) is 7.11. The molecule has 0 amide bonds. The minimum Gasteiger partial charge on any atom is -0.497 e. The number of nitrogens with one attached hydrogen (secondary N) is 1. The molecule has 0 radical (unpaired) electrons. The molecule has 0 aliphatic carbocycles. The van der Waals surface area contributed by atoms with E-state index >= 15 is 0 Å². The van der Waals surface area contributed by atoms with Crippen LogP contribution in [0.25, 0.3) is 41.4 Å². The molecule has 0 saturated heterocycles. The van der Waals surface area contributed by atoms with Crippen molar-refractivity contribution in [1.29, 1.82) is 5.41 Å². The van der Waals surface area contributed by atoms with E-state index in [2.05, 4.69) is 9.97 Å². The Labute approximate surface area is 175 Å². The van der Waals surface area contributed by atoms with Crippen molar-refractivity contribution in [2.75, 3.05) is 14.2 Å². The van der Waals surface area contributed by atoms with E-state index < -0.39 is 0 Å². The van der Waals surface area contributed by atoms with Crippen molar-refractivity contribution < 1.29 is 9.47 Å². The largest absolute Gasteiger partial charge is 0.497 e. The molecule has 10 heteroatoms. The maximum atomic E-state index is 13.4. The van der Waals surface area contributed by atoms with Gasteiger partial charge in [0.2, 0.25) is 0 Å². The number of methoxy groups -OCH3 is 2. The van der Waals surface area contributed by atoms with Gasteiger partial charge in [0.05, 0.1) is 34.7 Å². The second-order valence-corrected chi connectivity index (χ2v) is 8.70. The number of hydrogen-bond acceptors (Lipinski definition) is 8. The fourth-order valence-electron chi connectivity index (χ4n) is 3.67. The van der Waals surface area contributed by atoms with Crippen molar-refractivity contribution >= 4 is 64.1 Å². The molecule has 1 N–H and O–H groups in total. The van der Waals surface area contributed by atoms with Crippen molar-refractivity contribution in [3.05, 3.63) is 52.2 Å². The van der Waals surface area contributed by atoms with Gasteiger partial charge in [-0.25, -0.2) is 0 Å². The smallest absolute Gasteiger partial charge is 0.272 e. The van der Waals surface area contributed by atoms with Gasteiger partial charge in [-0.2, -0.15) is 9.97 Å². The molecule has 4 heterocycles. The topological polar surface area (TPSA) is 94.0 Å². The van der Waals surface area contributed by atoms with Gasteiger partial charge in [0.1, 0.15) is 22.4 Å². The van der Waals surface area contributed by atoms with Crippen LogP contribution in [-0.2, 0) is 0 Å². The second kappa shape index (κ2) is 6.00. The molecule has 0 unspecified atom stereocenters. The van der Waals surface area contributed by atoms with Crippen LogP contribution in [0, 0.1) is 5.41 Å². The number of nitrogens with zero attached hydrogens (tertiary/aromatic N) is 4. The Morgan fingerprint density at radius 1 is 0.867 bits per heavy atom. The molecule has 0 bridgehead atoms. The second-order valence-electron chi connectivity index (χ2n) is 6.68. The first-order chi connectivity index (χ1) is 14.6. The molecule has 0 fully saturated rings. The predicted molar refractivity (Wildman–Crippen MR) is 117 cm³/mol. The standard InChI is InChI=1S/C20H13N5O3S2/c1-27-9-3-5-11-13(7-9)29-19-22-17-15(16(21)24(11)19)18(26)25-12-6-4-10(28-2)8-14(12)30-20(25)23-17/h3-8,21H,1-2H3. The molecule has 0 aliphatic heterocycles. The molecule has 148 valence electrons. The van der Waals surface area contributed by atoms with E-state index in [-0.39, 0.29) is 22.1 Å². The van der Waals surface area contributed by atoms with Crippen molar-refractivity contribution in [3.8, 4) is 11.5 Å². The van der Waals surface area contributed by atoms with Crippen molar-refractivity contribution in [1.82, 2.24) is 18.8 Å². The molecule has 6 rings (SSSR count). The lowest BCUT2D eigenvalue weighted by atomic mass is 10.3. The average Bonchev–Trinajstić information content (AvgIpc) is 3.30. The van der Waals surface area contributed by atoms with E-state index in [9.17, 15) is 4.79 Å². The third-order valence-electron chi connectivity index (χ3n) is 5.10. The number of thiazole rings is 2. The van der Waals surface area contributed by atoms with E-state index in [0.717, 1.165) is 26.2 Å². The number of fused-ring (bicyclic) bond motifs is 7. The highest BCUT2D eigenvalue weighted by molar-refractivity contribution is 7.24. The summed E-state index contributed by atoms with van der Waals surface area (Å²) in [4.78, 5) is 23.8. The first-order valence-electron chi connectivity index (χ1n) is 8.96. The van der Waals surface area contributed by atoms with Gasteiger partial charge in [0, 0.05) is 0 Å². The quantitative estimate of drug-likeness (QED) is 0.450. The Kier molecular flexibility index (Phi) is 3.47. The van der Waals surface area contributed by atoms with Crippen LogP contribution in [-0.4, -0.2) is 33.0 Å². The minimum absolute atomic E-state index is 0.0752. The van der Waals surface area contributed by atoms with Crippen LogP contribution in [0.1, 0.15) is 0 Å².